The lowest BCUT2D eigenvalue weighted by Gasteiger charge is -2.20. The molecule has 1 aromatic carbocycles. The van der Waals surface area contributed by atoms with E-state index >= 15 is 0 Å². The molecule has 0 amide bonds. The maximum Gasteiger partial charge on any atom is 0.231 e. The topological polar surface area (TPSA) is 82.7 Å². The van der Waals surface area contributed by atoms with Gasteiger partial charge in [-0.2, -0.15) is 4.98 Å². The molecule has 1 saturated heterocycles. The number of aromatic nitrogens is 3. The molecule has 1 fully saturated rings. The molecule has 4 rings (SSSR count). The lowest BCUT2D eigenvalue weighted by molar-refractivity contribution is 0.293. The number of pyridine rings is 1. The molecule has 8 nitrogen and oxygen atoms in total. The first-order valence-corrected chi connectivity index (χ1v) is 9.47. The summed E-state index contributed by atoms with van der Waals surface area (Å²) < 4.78 is 22.0. The molecule has 1 aliphatic heterocycles. The summed E-state index contributed by atoms with van der Waals surface area (Å²) in [4.78, 5) is 11.0. The van der Waals surface area contributed by atoms with Crippen LogP contribution in [0.25, 0.3) is 11.4 Å². The summed E-state index contributed by atoms with van der Waals surface area (Å²) in [5.74, 6) is 3.42. The number of benzene rings is 1. The van der Waals surface area contributed by atoms with Crippen molar-refractivity contribution in [1.82, 2.24) is 20.0 Å². The summed E-state index contributed by atoms with van der Waals surface area (Å²) in [5, 5.41) is 4.11. The van der Waals surface area contributed by atoms with E-state index in [1.807, 2.05) is 24.3 Å². The van der Waals surface area contributed by atoms with Crippen LogP contribution in [0.2, 0.25) is 0 Å². The highest BCUT2D eigenvalue weighted by molar-refractivity contribution is 5.56. The minimum atomic E-state index is 0.207. The summed E-state index contributed by atoms with van der Waals surface area (Å²) in [6.45, 7) is 2.52. The molecular weight excluding hydrogens is 372 g/mol. The fraction of sp³-hybridized carbons (Fsp3) is 0.381. The Labute approximate surface area is 169 Å². The molecule has 3 heterocycles. The summed E-state index contributed by atoms with van der Waals surface area (Å²) in [6, 6.07) is 7.70. The van der Waals surface area contributed by atoms with E-state index in [0.717, 1.165) is 37.2 Å². The van der Waals surface area contributed by atoms with E-state index < -0.39 is 0 Å². The molecule has 1 atom stereocenters. The van der Waals surface area contributed by atoms with Crippen LogP contribution in [0.5, 0.6) is 17.2 Å². The summed E-state index contributed by atoms with van der Waals surface area (Å²) in [5.41, 5.74) is 1.90. The Bertz CT molecular complexity index is 961. The predicted molar refractivity (Wildman–Crippen MR) is 106 cm³/mol. The molecule has 8 heteroatoms. The van der Waals surface area contributed by atoms with Crippen molar-refractivity contribution in [2.24, 2.45) is 0 Å². The highest BCUT2D eigenvalue weighted by Gasteiger charge is 2.29. The standard InChI is InChI=1S/C21H24N4O4/c1-26-17-7-6-15(18(27-2)19(17)28-3)12-25-10-8-16(13-25)21-23-20(24-29-21)14-5-4-9-22-11-14/h4-7,9,11,16H,8,10,12-13H2,1-3H3/t16-/m1/s1. The zero-order chi connectivity index (χ0) is 20.2. The SMILES string of the molecule is COc1ccc(CN2CC[C@@H](c3nc(-c4cccnc4)no3)C2)c(OC)c1OC. The van der Waals surface area contributed by atoms with E-state index in [9.17, 15) is 0 Å². The molecule has 0 radical (unpaired) electrons. The molecule has 0 saturated carbocycles. The van der Waals surface area contributed by atoms with Crippen LogP contribution in [0.3, 0.4) is 0 Å². The van der Waals surface area contributed by atoms with Gasteiger partial charge < -0.3 is 18.7 Å². The second-order valence-corrected chi connectivity index (χ2v) is 6.91. The van der Waals surface area contributed by atoms with Crippen LogP contribution >= 0.6 is 0 Å². The maximum absolute atomic E-state index is 5.61. The molecule has 2 aromatic heterocycles. The molecule has 0 bridgehead atoms. The van der Waals surface area contributed by atoms with Crippen LogP contribution in [-0.4, -0.2) is 54.4 Å². The molecule has 152 valence electrons. The molecule has 1 aliphatic rings. The molecule has 0 aliphatic carbocycles. The largest absolute Gasteiger partial charge is 0.493 e. The Kier molecular flexibility index (Phi) is 5.62. The number of likely N-dealkylation sites (tertiary alicyclic amines) is 1. The van der Waals surface area contributed by atoms with Gasteiger partial charge in [-0.15, -0.1) is 0 Å². The smallest absolute Gasteiger partial charge is 0.231 e. The van der Waals surface area contributed by atoms with Crippen molar-refractivity contribution in [2.45, 2.75) is 18.9 Å². The average molecular weight is 396 g/mol. The highest BCUT2D eigenvalue weighted by atomic mass is 16.5. The number of nitrogens with zero attached hydrogens (tertiary/aromatic N) is 4. The van der Waals surface area contributed by atoms with Crippen LogP contribution in [-0.2, 0) is 6.54 Å². The zero-order valence-corrected chi connectivity index (χ0v) is 16.8. The first-order valence-electron chi connectivity index (χ1n) is 9.47. The van der Waals surface area contributed by atoms with Gasteiger partial charge in [0.2, 0.25) is 17.5 Å². The van der Waals surface area contributed by atoms with E-state index in [1.165, 1.54) is 0 Å². The Hall–Kier alpha value is -3.13. The fourth-order valence-corrected chi connectivity index (χ4v) is 3.72. The van der Waals surface area contributed by atoms with Crippen molar-refractivity contribution in [3.05, 3.63) is 48.1 Å². The third-order valence-electron chi connectivity index (χ3n) is 5.16. The zero-order valence-electron chi connectivity index (χ0n) is 16.8. The van der Waals surface area contributed by atoms with Crippen molar-refractivity contribution < 1.29 is 18.7 Å². The van der Waals surface area contributed by atoms with Crippen LogP contribution in [0, 0.1) is 0 Å². The Morgan fingerprint density at radius 3 is 2.69 bits per heavy atom. The molecule has 0 spiro atoms. The van der Waals surface area contributed by atoms with E-state index in [1.54, 1.807) is 33.7 Å². The van der Waals surface area contributed by atoms with Crippen LogP contribution in [0.1, 0.15) is 23.8 Å². The lowest BCUT2D eigenvalue weighted by Crippen LogP contribution is -2.20. The highest BCUT2D eigenvalue weighted by Crippen LogP contribution is 2.41. The van der Waals surface area contributed by atoms with Crippen LogP contribution in [0.4, 0.5) is 0 Å². The van der Waals surface area contributed by atoms with Gasteiger partial charge in [-0.25, -0.2) is 0 Å². The minimum Gasteiger partial charge on any atom is -0.493 e. The number of ether oxygens (including phenoxy) is 3. The van der Waals surface area contributed by atoms with Crippen molar-refractivity contribution in [3.8, 4) is 28.6 Å². The number of rotatable bonds is 7. The monoisotopic (exact) mass is 396 g/mol. The number of hydrogen-bond donors (Lipinski definition) is 0. The molecule has 0 N–H and O–H groups in total. The fourth-order valence-electron chi connectivity index (χ4n) is 3.72. The van der Waals surface area contributed by atoms with Gasteiger partial charge in [-0.05, 0) is 31.2 Å². The third-order valence-corrected chi connectivity index (χ3v) is 5.16. The third kappa shape index (κ3) is 3.88. The van der Waals surface area contributed by atoms with Gasteiger partial charge in [0, 0.05) is 36.6 Å². The Morgan fingerprint density at radius 1 is 1.10 bits per heavy atom. The second kappa shape index (κ2) is 8.48. The molecular formula is C21H24N4O4. The van der Waals surface area contributed by atoms with E-state index in [-0.39, 0.29) is 5.92 Å². The quantitative estimate of drug-likeness (QED) is 0.602. The van der Waals surface area contributed by atoms with Crippen molar-refractivity contribution in [1.29, 1.82) is 0 Å². The predicted octanol–water partition coefficient (Wildman–Crippen LogP) is 3.15. The summed E-state index contributed by atoms with van der Waals surface area (Å²) in [6.07, 6.45) is 4.42. The van der Waals surface area contributed by atoms with Crippen LogP contribution < -0.4 is 14.2 Å². The van der Waals surface area contributed by atoms with E-state index in [0.29, 0.717) is 29.0 Å². The second-order valence-electron chi connectivity index (χ2n) is 6.91. The summed E-state index contributed by atoms with van der Waals surface area (Å²) >= 11 is 0. The van der Waals surface area contributed by atoms with Gasteiger partial charge in [-0.1, -0.05) is 11.2 Å². The van der Waals surface area contributed by atoms with Crippen molar-refractivity contribution in [2.75, 3.05) is 34.4 Å². The van der Waals surface area contributed by atoms with E-state index in [4.69, 9.17) is 18.7 Å². The Balaban J connectivity index is 1.47. The average Bonchev–Trinajstić information content (AvgIpc) is 3.43. The normalized spacial score (nSPS) is 16.7. The first-order chi connectivity index (χ1) is 14.2. The summed E-state index contributed by atoms with van der Waals surface area (Å²) in [7, 11) is 4.88. The van der Waals surface area contributed by atoms with Gasteiger partial charge in [0.1, 0.15) is 0 Å². The van der Waals surface area contributed by atoms with Crippen LogP contribution in [0.15, 0.2) is 41.2 Å². The molecule has 3 aromatic rings. The number of hydrogen-bond acceptors (Lipinski definition) is 8. The molecule has 29 heavy (non-hydrogen) atoms. The van der Waals surface area contributed by atoms with Crippen molar-refractivity contribution >= 4 is 0 Å². The number of methoxy groups -OCH3 is 3. The molecule has 0 unspecified atom stereocenters. The first kappa shape index (κ1) is 19.2. The van der Waals surface area contributed by atoms with Crippen molar-refractivity contribution in [3.63, 3.8) is 0 Å². The van der Waals surface area contributed by atoms with Gasteiger partial charge in [0.25, 0.3) is 0 Å². The van der Waals surface area contributed by atoms with Gasteiger partial charge in [0.05, 0.1) is 27.2 Å². The Morgan fingerprint density at radius 2 is 1.97 bits per heavy atom. The van der Waals surface area contributed by atoms with Gasteiger partial charge >= 0.3 is 0 Å². The maximum atomic E-state index is 5.61. The minimum absolute atomic E-state index is 0.207. The van der Waals surface area contributed by atoms with Gasteiger partial charge in [-0.3, -0.25) is 9.88 Å². The van der Waals surface area contributed by atoms with Gasteiger partial charge in [0.15, 0.2) is 11.5 Å². The lowest BCUT2D eigenvalue weighted by atomic mass is 10.1. The van der Waals surface area contributed by atoms with E-state index in [2.05, 4.69) is 20.0 Å².